The summed E-state index contributed by atoms with van der Waals surface area (Å²) in [7, 11) is 0. The number of ketones is 2. The minimum atomic E-state index is -0.484. The van der Waals surface area contributed by atoms with Gasteiger partial charge in [0.15, 0.2) is 17.1 Å². The van der Waals surface area contributed by atoms with Gasteiger partial charge in [0.25, 0.3) is 0 Å². The second-order valence-electron chi connectivity index (χ2n) is 6.05. The zero-order chi connectivity index (χ0) is 18.7. The molecule has 5 nitrogen and oxygen atoms in total. The van der Waals surface area contributed by atoms with Crippen molar-refractivity contribution in [1.29, 1.82) is 0 Å². The highest BCUT2D eigenvalue weighted by atomic mass is 19.1. The number of carbonyl (C=O) groups excluding carboxylic acids is 2. The Kier molecular flexibility index (Phi) is 5.21. The van der Waals surface area contributed by atoms with Gasteiger partial charge >= 0.3 is 0 Å². The molecule has 3 rings (SSSR count). The van der Waals surface area contributed by atoms with E-state index in [0.29, 0.717) is 25.7 Å². The molecule has 0 fully saturated rings. The van der Waals surface area contributed by atoms with Gasteiger partial charge in [-0.2, -0.15) is 4.98 Å². The van der Waals surface area contributed by atoms with Crippen molar-refractivity contribution in [1.82, 2.24) is 9.97 Å². The van der Waals surface area contributed by atoms with Gasteiger partial charge < -0.3 is 4.42 Å². The molecule has 26 heavy (non-hydrogen) atoms. The number of hydrogen-bond donors (Lipinski definition) is 0. The van der Waals surface area contributed by atoms with E-state index in [4.69, 9.17) is 4.42 Å². The SMILES string of the molecule is CCCC(=O)c1cc(C(=O)CCC)c2oc(-c3ccccc3F)nc2n1. The highest BCUT2D eigenvalue weighted by Gasteiger charge is 2.22. The van der Waals surface area contributed by atoms with E-state index < -0.39 is 5.82 Å². The van der Waals surface area contributed by atoms with Crippen molar-refractivity contribution in [3.8, 4) is 11.5 Å². The van der Waals surface area contributed by atoms with Crippen LogP contribution in [-0.2, 0) is 0 Å². The minimum absolute atomic E-state index is 0.0382. The summed E-state index contributed by atoms with van der Waals surface area (Å²) >= 11 is 0. The van der Waals surface area contributed by atoms with Crippen LogP contribution in [0.25, 0.3) is 22.7 Å². The lowest BCUT2D eigenvalue weighted by atomic mass is 10.0. The van der Waals surface area contributed by atoms with Crippen LogP contribution in [0, 0.1) is 5.82 Å². The molecule has 3 aromatic rings. The van der Waals surface area contributed by atoms with Gasteiger partial charge in [0, 0.05) is 12.8 Å². The van der Waals surface area contributed by atoms with Crippen molar-refractivity contribution in [2.45, 2.75) is 39.5 Å². The van der Waals surface area contributed by atoms with Gasteiger partial charge in [-0.3, -0.25) is 9.59 Å². The first-order valence-electron chi connectivity index (χ1n) is 8.68. The zero-order valence-electron chi connectivity index (χ0n) is 14.7. The molecule has 2 heterocycles. The Morgan fingerprint density at radius 1 is 1.04 bits per heavy atom. The van der Waals surface area contributed by atoms with Crippen molar-refractivity contribution in [2.24, 2.45) is 0 Å². The number of carbonyl (C=O) groups is 2. The first kappa shape index (κ1) is 17.9. The predicted octanol–water partition coefficient (Wildman–Crippen LogP) is 4.99. The molecule has 0 spiro atoms. The summed E-state index contributed by atoms with van der Waals surface area (Å²) in [5.74, 6) is -0.754. The summed E-state index contributed by atoms with van der Waals surface area (Å²) in [5, 5.41) is 0. The maximum Gasteiger partial charge on any atom is 0.231 e. The van der Waals surface area contributed by atoms with Crippen LogP contribution in [0.2, 0.25) is 0 Å². The maximum absolute atomic E-state index is 14.1. The van der Waals surface area contributed by atoms with Crippen LogP contribution in [0.3, 0.4) is 0 Å². The Labute approximate surface area is 150 Å². The molecule has 0 saturated heterocycles. The lowest BCUT2D eigenvalue weighted by molar-refractivity contribution is 0.0977. The fraction of sp³-hybridized carbons (Fsp3) is 0.300. The highest BCUT2D eigenvalue weighted by molar-refractivity contribution is 6.07. The van der Waals surface area contributed by atoms with Crippen molar-refractivity contribution in [2.75, 3.05) is 0 Å². The number of halogens is 1. The monoisotopic (exact) mass is 354 g/mol. The smallest absolute Gasteiger partial charge is 0.231 e. The van der Waals surface area contributed by atoms with E-state index in [2.05, 4.69) is 9.97 Å². The van der Waals surface area contributed by atoms with Gasteiger partial charge in [0.05, 0.1) is 11.1 Å². The van der Waals surface area contributed by atoms with Gasteiger partial charge in [0.2, 0.25) is 11.5 Å². The number of hydrogen-bond acceptors (Lipinski definition) is 5. The Hall–Kier alpha value is -2.89. The van der Waals surface area contributed by atoms with Crippen LogP contribution in [0.4, 0.5) is 4.39 Å². The fourth-order valence-electron chi connectivity index (χ4n) is 2.73. The predicted molar refractivity (Wildman–Crippen MR) is 95.7 cm³/mol. The summed E-state index contributed by atoms with van der Waals surface area (Å²) < 4.78 is 19.7. The second kappa shape index (κ2) is 7.56. The van der Waals surface area contributed by atoms with E-state index in [0.717, 1.165) is 0 Å². The third-order valence-corrected chi connectivity index (χ3v) is 4.01. The van der Waals surface area contributed by atoms with E-state index >= 15 is 0 Å². The molecule has 6 heteroatoms. The van der Waals surface area contributed by atoms with Crippen LogP contribution in [0.15, 0.2) is 34.7 Å². The summed E-state index contributed by atoms with van der Waals surface area (Å²) in [6, 6.07) is 7.54. The Morgan fingerprint density at radius 2 is 1.73 bits per heavy atom. The Morgan fingerprint density at radius 3 is 2.42 bits per heavy atom. The largest absolute Gasteiger partial charge is 0.433 e. The number of aromatic nitrogens is 2. The van der Waals surface area contributed by atoms with Gasteiger partial charge in [-0.05, 0) is 31.0 Å². The summed E-state index contributed by atoms with van der Waals surface area (Å²) in [6.07, 6.45) is 1.99. The topological polar surface area (TPSA) is 73.1 Å². The zero-order valence-corrected chi connectivity index (χ0v) is 14.7. The lowest BCUT2D eigenvalue weighted by Crippen LogP contribution is -2.07. The summed E-state index contributed by atoms with van der Waals surface area (Å²) in [6.45, 7) is 3.79. The number of oxazole rings is 1. The van der Waals surface area contributed by atoms with Crippen LogP contribution in [-0.4, -0.2) is 21.5 Å². The molecule has 2 aromatic heterocycles. The lowest BCUT2D eigenvalue weighted by Gasteiger charge is -2.03. The van der Waals surface area contributed by atoms with Crippen molar-refractivity contribution >= 4 is 22.8 Å². The highest BCUT2D eigenvalue weighted by Crippen LogP contribution is 2.29. The van der Waals surface area contributed by atoms with E-state index in [1.165, 1.54) is 18.2 Å². The van der Waals surface area contributed by atoms with Crippen LogP contribution in [0.1, 0.15) is 60.4 Å². The molecular weight excluding hydrogens is 335 g/mol. The quantitative estimate of drug-likeness (QED) is 0.559. The van der Waals surface area contributed by atoms with E-state index in [1.807, 2.05) is 13.8 Å². The molecule has 0 aliphatic heterocycles. The second-order valence-corrected chi connectivity index (χ2v) is 6.05. The van der Waals surface area contributed by atoms with E-state index in [9.17, 15) is 14.0 Å². The minimum Gasteiger partial charge on any atom is -0.433 e. The average Bonchev–Trinajstić information content (AvgIpc) is 3.05. The number of nitrogens with zero attached hydrogens (tertiary/aromatic N) is 2. The fourth-order valence-corrected chi connectivity index (χ4v) is 2.73. The number of Topliss-reactive ketones (excluding diaryl/α,β-unsaturated/α-hetero) is 2. The molecule has 0 saturated carbocycles. The molecule has 1 aromatic carbocycles. The van der Waals surface area contributed by atoms with Crippen molar-refractivity contribution in [3.05, 3.63) is 47.4 Å². The molecule has 0 atom stereocenters. The third kappa shape index (κ3) is 3.40. The number of rotatable bonds is 7. The molecule has 0 amide bonds. The maximum atomic E-state index is 14.1. The van der Waals surface area contributed by atoms with Gasteiger partial charge in [0.1, 0.15) is 11.5 Å². The van der Waals surface area contributed by atoms with E-state index in [-0.39, 0.29) is 45.5 Å². The van der Waals surface area contributed by atoms with Crippen LogP contribution >= 0.6 is 0 Å². The molecule has 134 valence electrons. The standard InChI is InChI=1S/C20H19FN2O3/c1-3-7-16(24)13-11-15(17(25)8-4-2)22-19-18(13)26-20(23-19)12-9-5-6-10-14(12)21/h5-6,9-11H,3-4,7-8H2,1-2H3. The summed E-state index contributed by atoms with van der Waals surface area (Å²) in [5.41, 5.74) is 0.971. The van der Waals surface area contributed by atoms with Gasteiger partial charge in [-0.1, -0.05) is 26.0 Å². The van der Waals surface area contributed by atoms with Crippen molar-refractivity contribution in [3.63, 3.8) is 0 Å². The number of pyridine rings is 1. The first-order chi connectivity index (χ1) is 12.5. The normalized spacial score (nSPS) is 11.0. The molecule has 0 aliphatic carbocycles. The van der Waals surface area contributed by atoms with Gasteiger partial charge in [-0.15, -0.1) is 0 Å². The van der Waals surface area contributed by atoms with Gasteiger partial charge in [-0.25, -0.2) is 9.37 Å². The molecule has 0 unspecified atom stereocenters. The number of fused-ring (bicyclic) bond motifs is 1. The molecule has 0 radical (unpaired) electrons. The molecule has 0 N–H and O–H groups in total. The first-order valence-corrected chi connectivity index (χ1v) is 8.68. The van der Waals surface area contributed by atoms with Crippen molar-refractivity contribution < 1.29 is 18.4 Å². The third-order valence-electron chi connectivity index (χ3n) is 4.01. The molecular formula is C20H19FN2O3. The number of benzene rings is 1. The average molecular weight is 354 g/mol. The van der Waals surface area contributed by atoms with Crippen LogP contribution in [0.5, 0.6) is 0 Å². The Balaban J connectivity index is 2.19. The molecule has 0 aliphatic rings. The van der Waals surface area contributed by atoms with E-state index in [1.54, 1.807) is 12.1 Å². The Bertz CT molecular complexity index is 978. The van der Waals surface area contributed by atoms with Crippen LogP contribution < -0.4 is 0 Å². The molecule has 0 bridgehead atoms. The summed E-state index contributed by atoms with van der Waals surface area (Å²) in [4.78, 5) is 33.2.